The van der Waals surface area contributed by atoms with Gasteiger partial charge in [-0.05, 0) is 114 Å². The lowest BCUT2D eigenvalue weighted by Gasteiger charge is -2.34. The van der Waals surface area contributed by atoms with Crippen molar-refractivity contribution in [2.45, 2.75) is 89.1 Å². The van der Waals surface area contributed by atoms with Crippen molar-refractivity contribution in [1.82, 2.24) is 9.97 Å². The van der Waals surface area contributed by atoms with Gasteiger partial charge in [-0.3, -0.25) is 29.4 Å². The molecule has 352 valence electrons. The van der Waals surface area contributed by atoms with Crippen LogP contribution in [-0.2, 0) is 19.1 Å². The number of aromatic nitrogens is 2. The number of nitrogens with two attached hydrogens (primary N) is 2. The summed E-state index contributed by atoms with van der Waals surface area (Å²) >= 11 is 0. The number of carbonyl (C=O) groups excluding carboxylic acids is 4. The Morgan fingerprint density at radius 1 is 0.652 bits per heavy atom. The Balaban J connectivity index is 0.000000196. The van der Waals surface area contributed by atoms with E-state index in [1.165, 1.54) is 12.1 Å². The van der Waals surface area contributed by atoms with E-state index >= 15 is 0 Å². The van der Waals surface area contributed by atoms with Crippen molar-refractivity contribution in [3.63, 3.8) is 0 Å². The molecule has 8 rings (SSSR count). The second-order valence-corrected chi connectivity index (χ2v) is 16.6. The molecule has 0 radical (unpaired) electrons. The van der Waals surface area contributed by atoms with Crippen LogP contribution in [0.15, 0.2) is 73.1 Å². The molecule has 22 heteroatoms. The normalized spacial score (nSPS) is 22.8. The topological polar surface area (TPSA) is 214 Å². The monoisotopic (exact) mass is 928 g/mol. The Hall–Kier alpha value is -7.00. The first kappa shape index (κ1) is 47.0. The Bertz CT molecular complexity index is 2470. The zero-order valence-corrected chi connectivity index (χ0v) is 35.6. The van der Waals surface area contributed by atoms with Crippen molar-refractivity contribution in [3.8, 4) is 11.5 Å². The van der Waals surface area contributed by atoms with Crippen LogP contribution >= 0.6 is 0 Å². The minimum atomic E-state index is -4.85. The highest BCUT2D eigenvalue weighted by atomic mass is 19.4. The van der Waals surface area contributed by atoms with Crippen molar-refractivity contribution in [2.75, 3.05) is 45.0 Å². The zero-order chi connectivity index (χ0) is 47.6. The fraction of sp³-hybridized carbons (Fsp3) is 0.409. The molecule has 4 fully saturated rings. The molecule has 0 atom stereocenters. The van der Waals surface area contributed by atoms with Gasteiger partial charge in [-0.2, -0.15) is 0 Å². The van der Waals surface area contributed by atoms with Gasteiger partial charge in [0.2, 0.25) is 11.8 Å². The maximum Gasteiger partial charge on any atom is 0.573 e. The average Bonchev–Trinajstić information content (AvgIpc) is 3.74. The molecule has 4 aliphatic rings. The number of hydrogen-bond donors (Lipinski definition) is 4. The maximum absolute atomic E-state index is 12.8. The van der Waals surface area contributed by atoms with E-state index in [0.29, 0.717) is 81.5 Å². The molecule has 2 aromatic carbocycles. The molecule has 4 amide bonds. The molecule has 0 unspecified atom stereocenters. The minimum Gasteiger partial charge on any atom is -0.441 e. The summed E-state index contributed by atoms with van der Waals surface area (Å²) in [5, 5.41) is 5.27. The fourth-order valence-corrected chi connectivity index (χ4v) is 8.63. The van der Waals surface area contributed by atoms with Gasteiger partial charge in [0.1, 0.15) is 22.7 Å². The highest BCUT2D eigenvalue weighted by molar-refractivity contribution is 5.97. The second kappa shape index (κ2) is 18.5. The van der Waals surface area contributed by atoms with E-state index in [2.05, 4.69) is 30.1 Å². The standard InChI is InChI=1S/2C22H23F3N4O4/c1-13-18(3-2-10-27-13)29-12-21(33-20(29)31)8-6-14(7-9-21)19(30)28-17-5-4-15(11-16(17)26)32-22(23,24)25;1-13-18(3-2-10-27-13)29-12-21(33-20(29)31)8-6-14(7-9-21)19(30)28-17-11-15(4-5-16(17)26)32-22(23,24)25/h2*2-5,10-11,14H,6-9,12,26H2,1H3,(H,28,30). The number of benzene rings is 2. The molecule has 2 spiro atoms. The van der Waals surface area contributed by atoms with E-state index in [1.807, 2.05) is 26.0 Å². The van der Waals surface area contributed by atoms with Crippen molar-refractivity contribution in [3.05, 3.63) is 84.4 Å². The summed E-state index contributed by atoms with van der Waals surface area (Å²) in [6, 6.07) is 13.8. The predicted molar refractivity (Wildman–Crippen MR) is 227 cm³/mol. The number of pyridine rings is 2. The summed E-state index contributed by atoms with van der Waals surface area (Å²) in [6.45, 7) is 4.40. The van der Waals surface area contributed by atoms with E-state index in [0.717, 1.165) is 30.0 Å². The Morgan fingerprint density at radius 3 is 1.50 bits per heavy atom. The Labute approximate surface area is 373 Å². The number of halogens is 6. The molecule has 66 heavy (non-hydrogen) atoms. The minimum absolute atomic E-state index is 0.0374. The highest BCUT2D eigenvalue weighted by Crippen LogP contribution is 2.44. The Morgan fingerprint density at radius 2 is 1.08 bits per heavy atom. The lowest BCUT2D eigenvalue weighted by atomic mass is 9.78. The predicted octanol–water partition coefficient (Wildman–Crippen LogP) is 8.79. The number of hydrogen-bond acceptors (Lipinski definition) is 12. The van der Waals surface area contributed by atoms with Gasteiger partial charge < -0.3 is 41.0 Å². The number of nitrogen functional groups attached to an aromatic ring is 2. The van der Waals surface area contributed by atoms with Crippen LogP contribution in [-0.4, -0.2) is 71.0 Å². The van der Waals surface area contributed by atoms with E-state index in [9.17, 15) is 45.5 Å². The third-order valence-corrected chi connectivity index (χ3v) is 12.0. The second-order valence-electron chi connectivity index (χ2n) is 16.6. The molecule has 2 aliphatic heterocycles. The third-order valence-electron chi connectivity index (χ3n) is 12.0. The van der Waals surface area contributed by atoms with E-state index < -0.39 is 53.5 Å². The van der Waals surface area contributed by atoms with Gasteiger partial charge in [0.15, 0.2) is 0 Å². The zero-order valence-electron chi connectivity index (χ0n) is 35.6. The number of amides is 4. The van der Waals surface area contributed by atoms with Gasteiger partial charge >= 0.3 is 24.9 Å². The molecule has 0 bridgehead atoms. The van der Waals surface area contributed by atoms with Crippen molar-refractivity contribution in [2.24, 2.45) is 11.8 Å². The van der Waals surface area contributed by atoms with Crippen LogP contribution in [0.25, 0.3) is 0 Å². The molecule has 4 aromatic rings. The summed E-state index contributed by atoms with van der Waals surface area (Å²) in [4.78, 5) is 62.1. The van der Waals surface area contributed by atoms with E-state index in [-0.39, 0.29) is 40.5 Å². The summed E-state index contributed by atoms with van der Waals surface area (Å²) < 4.78 is 93.6. The molecule has 2 saturated heterocycles. The van der Waals surface area contributed by atoms with Crippen molar-refractivity contribution >= 4 is 58.1 Å². The van der Waals surface area contributed by atoms with Crippen LogP contribution in [0.1, 0.15) is 62.8 Å². The first-order chi connectivity index (χ1) is 31.1. The average molecular weight is 929 g/mol. The van der Waals surface area contributed by atoms with Gasteiger partial charge in [0.05, 0.1) is 58.6 Å². The largest absolute Gasteiger partial charge is 0.573 e. The number of nitrogens with zero attached hydrogens (tertiary/aromatic N) is 4. The van der Waals surface area contributed by atoms with Crippen LogP contribution in [0, 0.1) is 25.7 Å². The van der Waals surface area contributed by atoms with Gasteiger partial charge in [0, 0.05) is 36.4 Å². The first-order valence-corrected chi connectivity index (χ1v) is 20.9. The number of nitrogens with one attached hydrogen (secondary N) is 2. The molecule has 6 N–H and O–H groups in total. The van der Waals surface area contributed by atoms with Crippen LogP contribution in [0.4, 0.5) is 70.1 Å². The van der Waals surface area contributed by atoms with Crippen LogP contribution in [0.2, 0.25) is 0 Å². The molecule has 2 saturated carbocycles. The summed E-state index contributed by atoms with van der Waals surface area (Å²) in [5.41, 5.74) is 13.4. The summed E-state index contributed by atoms with van der Waals surface area (Å²) in [7, 11) is 0. The van der Waals surface area contributed by atoms with Gasteiger partial charge in [-0.1, -0.05) is 0 Å². The molecule has 2 aliphatic carbocycles. The van der Waals surface area contributed by atoms with Gasteiger partial charge in [-0.25, -0.2) is 9.59 Å². The van der Waals surface area contributed by atoms with Crippen LogP contribution in [0.3, 0.4) is 0 Å². The lowest BCUT2D eigenvalue weighted by Crippen LogP contribution is -2.41. The third kappa shape index (κ3) is 11.1. The van der Waals surface area contributed by atoms with Crippen molar-refractivity contribution in [1.29, 1.82) is 0 Å². The quantitative estimate of drug-likeness (QED) is 0.0964. The summed E-state index contributed by atoms with van der Waals surface area (Å²) in [5.74, 6) is -2.31. The van der Waals surface area contributed by atoms with Gasteiger partial charge in [-0.15, -0.1) is 26.3 Å². The molecular weight excluding hydrogens is 883 g/mol. The number of alkyl halides is 6. The van der Waals surface area contributed by atoms with E-state index in [1.54, 1.807) is 34.3 Å². The highest BCUT2D eigenvalue weighted by Gasteiger charge is 2.50. The molecule has 16 nitrogen and oxygen atoms in total. The number of ether oxygens (including phenoxy) is 4. The number of anilines is 6. The molecule has 4 heterocycles. The number of carbonyl (C=O) groups is 4. The lowest BCUT2D eigenvalue weighted by molar-refractivity contribution is -0.275. The van der Waals surface area contributed by atoms with E-state index in [4.69, 9.17) is 20.9 Å². The summed E-state index contributed by atoms with van der Waals surface area (Å²) in [6.07, 6.45) is -3.34. The first-order valence-electron chi connectivity index (χ1n) is 20.9. The smallest absolute Gasteiger partial charge is 0.441 e. The number of aryl methyl sites for hydroxylation is 2. The fourth-order valence-electron chi connectivity index (χ4n) is 8.63. The SMILES string of the molecule is Cc1ncccc1N1CC2(CCC(C(=O)Nc3cc(OC(F)(F)F)ccc3N)CC2)OC1=O.Cc1ncccc1N1CC2(CCC(C(=O)Nc3ccc(OC(F)(F)F)cc3N)CC2)OC1=O. The van der Waals surface area contributed by atoms with Crippen LogP contribution < -0.4 is 41.4 Å². The maximum atomic E-state index is 12.8. The molecular formula is C44H46F6N8O8. The van der Waals surface area contributed by atoms with Gasteiger partial charge in [0.25, 0.3) is 0 Å². The van der Waals surface area contributed by atoms with Crippen LogP contribution in [0.5, 0.6) is 11.5 Å². The number of rotatable bonds is 8. The van der Waals surface area contributed by atoms with Crippen molar-refractivity contribution < 1.29 is 64.5 Å². The molecule has 2 aromatic heterocycles. The Kier molecular flexibility index (Phi) is 13.1.